The van der Waals surface area contributed by atoms with Crippen LogP contribution in [-0.2, 0) is 0 Å². The van der Waals surface area contributed by atoms with E-state index in [0.29, 0.717) is 11.4 Å². The van der Waals surface area contributed by atoms with E-state index in [2.05, 4.69) is 35.9 Å². The molecular weight excluding hydrogens is 376 g/mol. The van der Waals surface area contributed by atoms with Crippen molar-refractivity contribution in [2.75, 3.05) is 32.1 Å². The van der Waals surface area contributed by atoms with Gasteiger partial charge in [-0.15, -0.1) is 11.3 Å². The molecule has 0 atom stereocenters. The van der Waals surface area contributed by atoms with Crippen LogP contribution in [0.1, 0.15) is 37.9 Å². The average molecular weight is 403 g/mol. The summed E-state index contributed by atoms with van der Waals surface area (Å²) in [6, 6.07) is 4.22. The molecule has 0 aliphatic carbocycles. The van der Waals surface area contributed by atoms with Crippen LogP contribution in [0, 0.1) is 27.7 Å². The summed E-state index contributed by atoms with van der Waals surface area (Å²) in [4.78, 5) is 27.3. The SMILES string of the molecule is Cc1nc(C)c(C(=O)N(CCCN(C)C)c2nc3c(C)c(C)ccc3s2)s1. The van der Waals surface area contributed by atoms with E-state index in [9.17, 15) is 4.79 Å². The standard InChI is InChI=1S/C20H26N4OS2/c1-12-8-9-16-17(13(12)2)22-20(27-16)24(11-7-10-23(5)6)19(25)18-14(3)21-15(4)26-18/h8-9H,7,10-11H2,1-6H3. The zero-order valence-corrected chi connectivity index (χ0v) is 18.4. The summed E-state index contributed by atoms with van der Waals surface area (Å²) >= 11 is 3.05. The highest BCUT2D eigenvalue weighted by Gasteiger charge is 2.25. The number of thiazole rings is 2. The molecule has 2 aromatic heterocycles. The van der Waals surface area contributed by atoms with Gasteiger partial charge in [0, 0.05) is 6.54 Å². The van der Waals surface area contributed by atoms with Gasteiger partial charge in [-0.3, -0.25) is 9.69 Å². The molecule has 3 rings (SSSR count). The van der Waals surface area contributed by atoms with Gasteiger partial charge in [0.1, 0.15) is 4.88 Å². The largest absolute Gasteiger partial charge is 0.309 e. The molecule has 0 radical (unpaired) electrons. The number of carbonyl (C=O) groups is 1. The molecule has 3 aromatic rings. The average Bonchev–Trinajstić information content (AvgIpc) is 3.17. The lowest BCUT2D eigenvalue weighted by Gasteiger charge is -2.20. The van der Waals surface area contributed by atoms with Crippen molar-refractivity contribution in [1.82, 2.24) is 14.9 Å². The third-order valence-electron chi connectivity index (χ3n) is 4.63. The molecule has 0 bridgehead atoms. The van der Waals surface area contributed by atoms with E-state index in [4.69, 9.17) is 4.98 Å². The molecule has 1 aromatic carbocycles. The maximum absolute atomic E-state index is 13.3. The number of carbonyl (C=O) groups excluding carboxylic acids is 1. The zero-order chi connectivity index (χ0) is 19.7. The van der Waals surface area contributed by atoms with Gasteiger partial charge in [0.05, 0.1) is 20.9 Å². The van der Waals surface area contributed by atoms with E-state index in [-0.39, 0.29) is 5.91 Å². The molecule has 0 unspecified atom stereocenters. The van der Waals surface area contributed by atoms with Crippen LogP contribution in [0.25, 0.3) is 10.2 Å². The molecule has 27 heavy (non-hydrogen) atoms. The molecule has 0 aliphatic heterocycles. The summed E-state index contributed by atoms with van der Waals surface area (Å²) in [5.74, 6) is 0.00490. The topological polar surface area (TPSA) is 49.3 Å². The maximum Gasteiger partial charge on any atom is 0.272 e. The number of benzene rings is 1. The van der Waals surface area contributed by atoms with Crippen LogP contribution in [0.2, 0.25) is 0 Å². The number of amides is 1. The fourth-order valence-electron chi connectivity index (χ4n) is 3.01. The molecule has 2 heterocycles. The van der Waals surface area contributed by atoms with Gasteiger partial charge in [0.25, 0.3) is 5.91 Å². The lowest BCUT2D eigenvalue weighted by atomic mass is 10.1. The first-order chi connectivity index (χ1) is 12.8. The summed E-state index contributed by atoms with van der Waals surface area (Å²) < 4.78 is 1.12. The lowest BCUT2D eigenvalue weighted by Crippen LogP contribution is -2.33. The highest BCUT2D eigenvalue weighted by atomic mass is 32.1. The van der Waals surface area contributed by atoms with Gasteiger partial charge in [-0.1, -0.05) is 17.4 Å². The van der Waals surface area contributed by atoms with E-state index >= 15 is 0 Å². The van der Waals surface area contributed by atoms with Gasteiger partial charge in [0.2, 0.25) is 0 Å². The number of aryl methyl sites for hydroxylation is 4. The number of rotatable bonds is 6. The normalized spacial score (nSPS) is 11.5. The number of fused-ring (bicyclic) bond motifs is 1. The van der Waals surface area contributed by atoms with E-state index in [0.717, 1.165) is 39.0 Å². The van der Waals surface area contributed by atoms with Crippen molar-refractivity contribution in [3.63, 3.8) is 0 Å². The molecule has 0 N–H and O–H groups in total. The second-order valence-electron chi connectivity index (χ2n) is 7.11. The first-order valence-corrected chi connectivity index (χ1v) is 10.7. The summed E-state index contributed by atoms with van der Waals surface area (Å²) in [5, 5.41) is 1.69. The van der Waals surface area contributed by atoms with E-state index < -0.39 is 0 Å². The Morgan fingerprint density at radius 1 is 1.04 bits per heavy atom. The Hall–Kier alpha value is -1.83. The Morgan fingerprint density at radius 2 is 1.78 bits per heavy atom. The molecule has 0 aliphatic rings. The van der Waals surface area contributed by atoms with E-state index in [1.54, 1.807) is 11.3 Å². The Labute approximate surface area is 168 Å². The number of aromatic nitrogens is 2. The first kappa shape index (κ1) is 19.9. The quantitative estimate of drug-likeness (QED) is 0.605. The monoisotopic (exact) mass is 402 g/mol. The fourth-order valence-corrected chi connectivity index (χ4v) is 4.93. The van der Waals surface area contributed by atoms with Gasteiger partial charge in [-0.2, -0.15) is 0 Å². The third kappa shape index (κ3) is 4.20. The summed E-state index contributed by atoms with van der Waals surface area (Å²) in [6.45, 7) is 9.60. The minimum Gasteiger partial charge on any atom is -0.309 e. The smallest absolute Gasteiger partial charge is 0.272 e. The Kier molecular flexibility index (Phi) is 5.93. The van der Waals surface area contributed by atoms with Crippen LogP contribution >= 0.6 is 22.7 Å². The van der Waals surface area contributed by atoms with Crippen molar-refractivity contribution in [1.29, 1.82) is 0 Å². The summed E-state index contributed by atoms with van der Waals surface area (Å²) in [6.07, 6.45) is 0.892. The molecular formula is C20H26N4OS2. The molecule has 144 valence electrons. The second-order valence-corrected chi connectivity index (χ2v) is 9.32. The number of hydrogen-bond acceptors (Lipinski definition) is 6. The van der Waals surface area contributed by atoms with Gasteiger partial charge >= 0.3 is 0 Å². The Bertz CT molecular complexity index is 974. The third-order valence-corrected chi connectivity index (χ3v) is 6.74. The maximum atomic E-state index is 13.3. The zero-order valence-electron chi connectivity index (χ0n) is 16.8. The summed E-state index contributed by atoms with van der Waals surface area (Å²) in [5.41, 5.74) is 4.20. The van der Waals surface area contributed by atoms with Crippen LogP contribution in [0.15, 0.2) is 12.1 Å². The molecule has 0 spiro atoms. The molecule has 0 saturated heterocycles. The highest BCUT2D eigenvalue weighted by molar-refractivity contribution is 7.22. The van der Waals surface area contributed by atoms with Gasteiger partial charge in [-0.05, 0) is 71.9 Å². The molecule has 0 fully saturated rings. The second kappa shape index (κ2) is 8.04. The lowest BCUT2D eigenvalue weighted by molar-refractivity contribution is 0.0989. The number of anilines is 1. The number of hydrogen-bond donors (Lipinski definition) is 0. The minimum absolute atomic E-state index is 0.00490. The van der Waals surface area contributed by atoms with E-state index in [1.165, 1.54) is 22.5 Å². The first-order valence-electron chi connectivity index (χ1n) is 9.05. The minimum atomic E-state index is 0.00490. The van der Waals surface area contributed by atoms with Crippen molar-refractivity contribution < 1.29 is 4.79 Å². The van der Waals surface area contributed by atoms with Crippen LogP contribution < -0.4 is 4.90 Å². The van der Waals surface area contributed by atoms with Gasteiger partial charge < -0.3 is 4.90 Å². The van der Waals surface area contributed by atoms with Crippen molar-refractivity contribution in [3.8, 4) is 0 Å². The summed E-state index contributed by atoms with van der Waals surface area (Å²) in [7, 11) is 4.10. The van der Waals surface area contributed by atoms with Crippen molar-refractivity contribution >= 4 is 43.9 Å². The van der Waals surface area contributed by atoms with Crippen LogP contribution in [0.3, 0.4) is 0 Å². The van der Waals surface area contributed by atoms with Crippen LogP contribution in [-0.4, -0.2) is 48.0 Å². The van der Waals surface area contributed by atoms with Gasteiger partial charge in [0.15, 0.2) is 5.13 Å². The predicted molar refractivity (Wildman–Crippen MR) is 116 cm³/mol. The van der Waals surface area contributed by atoms with Crippen molar-refractivity contribution in [2.45, 2.75) is 34.1 Å². The number of nitrogens with zero attached hydrogens (tertiary/aromatic N) is 4. The molecule has 5 nitrogen and oxygen atoms in total. The van der Waals surface area contributed by atoms with Crippen LogP contribution in [0.5, 0.6) is 0 Å². The predicted octanol–water partition coefficient (Wildman–Crippen LogP) is 4.58. The van der Waals surface area contributed by atoms with Crippen LogP contribution in [0.4, 0.5) is 5.13 Å². The molecule has 0 saturated carbocycles. The van der Waals surface area contributed by atoms with Crippen molar-refractivity contribution in [2.24, 2.45) is 0 Å². The Balaban J connectivity index is 2.00. The highest BCUT2D eigenvalue weighted by Crippen LogP contribution is 2.33. The van der Waals surface area contributed by atoms with Crippen molar-refractivity contribution in [3.05, 3.63) is 38.8 Å². The molecule has 7 heteroatoms. The van der Waals surface area contributed by atoms with Gasteiger partial charge in [-0.25, -0.2) is 9.97 Å². The molecule has 1 amide bonds. The fraction of sp³-hybridized carbons (Fsp3) is 0.450. The Morgan fingerprint density at radius 3 is 2.41 bits per heavy atom. The van der Waals surface area contributed by atoms with E-state index in [1.807, 2.05) is 32.8 Å².